The topological polar surface area (TPSA) is 0 Å². The minimum Gasteiger partial charge on any atom is -0.0622 e. The Hall–Kier alpha value is -4.68. The second-order valence-electron chi connectivity index (χ2n) is 9.73. The van der Waals surface area contributed by atoms with Crippen LogP contribution in [0.5, 0.6) is 0 Å². The van der Waals surface area contributed by atoms with Crippen molar-refractivity contribution in [3.8, 4) is 33.4 Å². The van der Waals surface area contributed by atoms with Crippen LogP contribution in [-0.2, 0) is 12.8 Å². The Balaban J connectivity index is 1.71. The van der Waals surface area contributed by atoms with E-state index in [0.717, 1.165) is 12.8 Å². The van der Waals surface area contributed by atoms with E-state index in [-0.39, 0.29) is 0 Å². The monoisotopic (exact) mass is 486 g/mol. The maximum atomic E-state index is 2.45. The van der Waals surface area contributed by atoms with Crippen molar-refractivity contribution in [2.24, 2.45) is 0 Å². The lowest BCUT2D eigenvalue weighted by atomic mass is 9.79. The highest BCUT2D eigenvalue weighted by Gasteiger charge is 2.22. The second-order valence-corrected chi connectivity index (χ2v) is 9.73. The van der Waals surface area contributed by atoms with E-state index in [1.54, 1.807) is 0 Å². The van der Waals surface area contributed by atoms with Crippen LogP contribution >= 0.6 is 0 Å². The van der Waals surface area contributed by atoms with Crippen LogP contribution in [0.15, 0.2) is 158 Å². The zero-order valence-corrected chi connectivity index (χ0v) is 21.4. The van der Waals surface area contributed by atoms with Gasteiger partial charge in [-0.3, -0.25) is 0 Å². The summed E-state index contributed by atoms with van der Waals surface area (Å²) >= 11 is 0. The van der Waals surface area contributed by atoms with Crippen LogP contribution in [0.3, 0.4) is 0 Å². The van der Waals surface area contributed by atoms with Gasteiger partial charge in [-0.2, -0.15) is 0 Å². The molecule has 182 valence electrons. The zero-order valence-electron chi connectivity index (χ0n) is 21.4. The van der Waals surface area contributed by atoms with Crippen LogP contribution in [0.2, 0.25) is 0 Å². The predicted octanol–water partition coefficient (Wildman–Crippen LogP) is 9.87. The molecule has 0 aromatic heterocycles. The number of hydrogen-bond acceptors (Lipinski definition) is 0. The van der Waals surface area contributed by atoms with Gasteiger partial charge in [0.15, 0.2) is 0 Å². The van der Waals surface area contributed by atoms with Crippen molar-refractivity contribution < 1.29 is 0 Å². The molecule has 0 nitrogen and oxygen atoms in total. The molecular formula is C38H30. The fourth-order valence-corrected chi connectivity index (χ4v) is 5.45. The molecule has 0 amide bonds. The Morgan fingerprint density at radius 2 is 0.737 bits per heavy atom. The molecule has 6 aromatic carbocycles. The lowest BCUT2D eigenvalue weighted by Crippen LogP contribution is -2.04. The van der Waals surface area contributed by atoms with E-state index < -0.39 is 0 Å². The van der Waals surface area contributed by atoms with Gasteiger partial charge < -0.3 is 0 Å². The first-order chi connectivity index (χ1) is 18.9. The Morgan fingerprint density at radius 3 is 1.24 bits per heavy atom. The van der Waals surface area contributed by atoms with E-state index in [4.69, 9.17) is 0 Å². The molecule has 0 aliphatic carbocycles. The molecule has 0 N–H and O–H groups in total. The van der Waals surface area contributed by atoms with E-state index in [1.807, 2.05) is 0 Å². The summed E-state index contributed by atoms with van der Waals surface area (Å²) in [6, 6.07) is 56.9. The maximum absolute atomic E-state index is 2.45. The number of benzene rings is 6. The summed E-state index contributed by atoms with van der Waals surface area (Å²) in [5.41, 5.74) is 13.1. The standard InChI is InChI=1S/C38H30/c1-6-16-29(17-7-1)26-34-28-35(31-20-10-3-11-21-31)36(27-30-18-8-2-9-19-30)38(33-24-14-5-15-25-33)37(34)32-22-12-4-13-23-32/h1-25,28H,26-27H2. The number of hydrogen-bond donors (Lipinski definition) is 0. The molecule has 0 saturated carbocycles. The minimum atomic E-state index is 0.862. The summed E-state index contributed by atoms with van der Waals surface area (Å²) in [6.07, 6.45) is 1.73. The zero-order chi connectivity index (χ0) is 25.6. The Labute approximate surface area is 225 Å². The van der Waals surface area contributed by atoms with Crippen LogP contribution in [0.25, 0.3) is 33.4 Å². The predicted molar refractivity (Wildman–Crippen MR) is 161 cm³/mol. The van der Waals surface area contributed by atoms with E-state index in [1.165, 1.54) is 55.6 Å². The quantitative estimate of drug-likeness (QED) is 0.211. The SMILES string of the molecule is c1ccc(Cc2cc(-c3ccccc3)c(Cc3ccccc3)c(-c3ccccc3)c2-c2ccccc2)cc1. The molecule has 0 unspecified atom stereocenters. The molecule has 0 heteroatoms. The van der Waals surface area contributed by atoms with Gasteiger partial charge in [-0.1, -0.05) is 152 Å². The largest absolute Gasteiger partial charge is 0.0622 e. The van der Waals surface area contributed by atoms with Crippen LogP contribution in [0.1, 0.15) is 22.3 Å². The summed E-state index contributed by atoms with van der Waals surface area (Å²) in [5, 5.41) is 0. The Bertz CT molecular complexity index is 1600. The normalized spacial score (nSPS) is 10.8. The molecule has 0 aliphatic rings. The second kappa shape index (κ2) is 11.2. The molecule has 0 aliphatic heterocycles. The molecule has 0 atom stereocenters. The van der Waals surface area contributed by atoms with Crippen LogP contribution in [0, 0.1) is 0 Å². The van der Waals surface area contributed by atoms with E-state index in [0.29, 0.717) is 0 Å². The Morgan fingerprint density at radius 1 is 0.342 bits per heavy atom. The van der Waals surface area contributed by atoms with Gasteiger partial charge in [-0.05, 0) is 74.5 Å². The molecule has 6 aromatic rings. The molecule has 0 bridgehead atoms. The third-order valence-corrected chi connectivity index (χ3v) is 7.19. The van der Waals surface area contributed by atoms with Gasteiger partial charge in [-0.15, -0.1) is 0 Å². The summed E-state index contributed by atoms with van der Waals surface area (Å²) in [7, 11) is 0. The highest BCUT2D eigenvalue weighted by molar-refractivity contribution is 5.93. The average Bonchev–Trinajstić information content (AvgIpc) is 3.00. The van der Waals surface area contributed by atoms with Gasteiger partial charge in [0.25, 0.3) is 0 Å². The fourth-order valence-electron chi connectivity index (χ4n) is 5.45. The van der Waals surface area contributed by atoms with E-state index in [2.05, 4.69) is 158 Å². The molecule has 0 saturated heterocycles. The molecule has 38 heavy (non-hydrogen) atoms. The van der Waals surface area contributed by atoms with Crippen molar-refractivity contribution in [2.45, 2.75) is 12.8 Å². The van der Waals surface area contributed by atoms with E-state index in [9.17, 15) is 0 Å². The van der Waals surface area contributed by atoms with Gasteiger partial charge in [0.05, 0.1) is 0 Å². The van der Waals surface area contributed by atoms with Gasteiger partial charge >= 0.3 is 0 Å². The number of rotatable bonds is 7. The van der Waals surface area contributed by atoms with Crippen LogP contribution < -0.4 is 0 Å². The summed E-state index contributed by atoms with van der Waals surface area (Å²) < 4.78 is 0. The van der Waals surface area contributed by atoms with Crippen molar-refractivity contribution in [1.29, 1.82) is 0 Å². The van der Waals surface area contributed by atoms with Gasteiger partial charge in [0, 0.05) is 0 Å². The first-order valence-electron chi connectivity index (χ1n) is 13.3. The third kappa shape index (κ3) is 5.08. The fraction of sp³-hybridized carbons (Fsp3) is 0.0526. The molecular weight excluding hydrogens is 456 g/mol. The molecule has 6 rings (SSSR count). The van der Waals surface area contributed by atoms with Gasteiger partial charge in [0.1, 0.15) is 0 Å². The lowest BCUT2D eigenvalue weighted by Gasteiger charge is -2.24. The molecule has 0 radical (unpaired) electrons. The first-order valence-corrected chi connectivity index (χ1v) is 13.3. The molecule has 0 spiro atoms. The Kier molecular flexibility index (Phi) is 6.96. The molecule has 0 fully saturated rings. The summed E-state index contributed by atoms with van der Waals surface area (Å²) in [5.74, 6) is 0. The summed E-state index contributed by atoms with van der Waals surface area (Å²) in [6.45, 7) is 0. The lowest BCUT2D eigenvalue weighted by molar-refractivity contribution is 1.16. The highest BCUT2D eigenvalue weighted by Crippen LogP contribution is 2.44. The molecule has 0 heterocycles. The van der Waals surface area contributed by atoms with E-state index >= 15 is 0 Å². The first kappa shape index (κ1) is 23.7. The highest BCUT2D eigenvalue weighted by atomic mass is 14.3. The minimum absolute atomic E-state index is 0.862. The van der Waals surface area contributed by atoms with Crippen molar-refractivity contribution in [1.82, 2.24) is 0 Å². The third-order valence-electron chi connectivity index (χ3n) is 7.19. The maximum Gasteiger partial charge on any atom is -0.00132 e. The summed E-state index contributed by atoms with van der Waals surface area (Å²) in [4.78, 5) is 0. The average molecular weight is 487 g/mol. The van der Waals surface area contributed by atoms with Crippen molar-refractivity contribution >= 4 is 0 Å². The van der Waals surface area contributed by atoms with Crippen molar-refractivity contribution in [3.05, 3.63) is 180 Å². The van der Waals surface area contributed by atoms with Crippen molar-refractivity contribution in [2.75, 3.05) is 0 Å². The van der Waals surface area contributed by atoms with Crippen LogP contribution in [-0.4, -0.2) is 0 Å². The smallest absolute Gasteiger partial charge is 0.00132 e. The van der Waals surface area contributed by atoms with Gasteiger partial charge in [-0.25, -0.2) is 0 Å². The van der Waals surface area contributed by atoms with Gasteiger partial charge in [0.2, 0.25) is 0 Å². The van der Waals surface area contributed by atoms with Crippen LogP contribution in [0.4, 0.5) is 0 Å². The van der Waals surface area contributed by atoms with Crippen molar-refractivity contribution in [3.63, 3.8) is 0 Å².